The van der Waals surface area contributed by atoms with E-state index in [0.29, 0.717) is 24.8 Å². The van der Waals surface area contributed by atoms with Gasteiger partial charge in [-0.1, -0.05) is 31.1 Å². The SMILES string of the molecule is CO[C@@H]1C(COS(N)(=O)=O)C[C@@H](Cc2cc(C)ncc2C(=O)C2=CC(C)=C(C)C2)C1(C)C. The van der Waals surface area contributed by atoms with Gasteiger partial charge in [0, 0.05) is 36.1 Å². The van der Waals surface area contributed by atoms with E-state index in [1.54, 1.807) is 13.3 Å². The van der Waals surface area contributed by atoms with Crippen molar-refractivity contribution in [1.29, 1.82) is 0 Å². The van der Waals surface area contributed by atoms with Crippen LogP contribution in [0.1, 0.15) is 62.2 Å². The van der Waals surface area contributed by atoms with Crippen LogP contribution < -0.4 is 5.14 Å². The van der Waals surface area contributed by atoms with Crippen LogP contribution >= 0.6 is 0 Å². The number of pyridine rings is 1. The lowest BCUT2D eigenvalue weighted by molar-refractivity contribution is -0.0190. The first-order chi connectivity index (χ1) is 14.8. The standard InChI is InChI=1S/C24H34N2O5S/c1-14-7-18(8-15(14)2)22(27)21-12-26-16(3)9-17(21)10-20-11-19(13-31-32(25,28)29)23(30-6)24(20,4)5/h7,9,12,19-20,23H,8,10-11,13H2,1-6H3,(H2,25,28,29)/t19?,20-,23-/m1/s1. The molecule has 0 spiro atoms. The largest absolute Gasteiger partial charge is 0.381 e. The summed E-state index contributed by atoms with van der Waals surface area (Å²) in [4.78, 5) is 17.7. The van der Waals surface area contributed by atoms with E-state index < -0.39 is 10.3 Å². The van der Waals surface area contributed by atoms with Crippen LogP contribution in [0, 0.1) is 24.2 Å². The highest BCUT2D eigenvalue weighted by molar-refractivity contribution is 7.84. The van der Waals surface area contributed by atoms with Gasteiger partial charge in [0.1, 0.15) is 0 Å². The van der Waals surface area contributed by atoms with E-state index in [0.717, 1.165) is 22.4 Å². The Morgan fingerprint density at radius 1 is 1.28 bits per heavy atom. The van der Waals surface area contributed by atoms with Crippen LogP contribution in [-0.4, -0.2) is 39.0 Å². The molecule has 1 unspecified atom stereocenters. The molecule has 0 bridgehead atoms. The van der Waals surface area contributed by atoms with Crippen molar-refractivity contribution >= 4 is 16.1 Å². The van der Waals surface area contributed by atoms with Crippen molar-refractivity contribution in [2.45, 2.75) is 60.0 Å². The Balaban J connectivity index is 1.87. The van der Waals surface area contributed by atoms with Crippen LogP contribution in [0.3, 0.4) is 0 Å². The topological polar surface area (TPSA) is 109 Å². The predicted octanol–water partition coefficient (Wildman–Crippen LogP) is 3.68. The lowest BCUT2D eigenvalue weighted by Gasteiger charge is -2.33. The number of nitrogens with zero attached hydrogens (tertiary/aromatic N) is 1. The number of hydrogen-bond donors (Lipinski definition) is 1. The number of ether oxygens (including phenoxy) is 1. The summed E-state index contributed by atoms with van der Waals surface area (Å²) >= 11 is 0. The molecule has 0 saturated heterocycles. The maximum atomic E-state index is 13.3. The normalized spacial score (nSPS) is 25.3. The number of Topliss-reactive ketones (excluding diaryl/α,β-unsaturated/α-hetero) is 1. The van der Waals surface area contributed by atoms with Crippen LogP contribution in [0.25, 0.3) is 0 Å². The van der Waals surface area contributed by atoms with E-state index in [1.165, 1.54) is 5.57 Å². The number of allylic oxidation sites excluding steroid dienone is 4. The maximum absolute atomic E-state index is 13.3. The Labute approximate surface area is 191 Å². The number of aromatic nitrogens is 1. The molecule has 7 nitrogen and oxygen atoms in total. The summed E-state index contributed by atoms with van der Waals surface area (Å²) < 4.78 is 33.3. The van der Waals surface area contributed by atoms with E-state index in [9.17, 15) is 13.2 Å². The number of carbonyl (C=O) groups is 1. The molecule has 1 heterocycles. The van der Waals surface area contributed by atoms with Gasteiger partial charge in [0.2, 0.25) is 0 Å². The molecule has 3 rings (SSSR count). The molecule has 0 aliphatic heterocycles. The Hall–Kier alpha value is -1.87. The molecule has 0 aromatic carbocycles. The lowest BCUT2D eigenvalue weighted by Crippen LogP contribution is -2.36. The first-order valence-electron chi connectivity index (χ1n) is 10.9. The molecule has 1 saturated carbocycles. The molecule has 8 heteroatoms. The zero-order chi connectivity index (χ0) is 23.8. The Morgan fingerprint density at radius 3 is 2.53 bits per heavy atom. The fourth-order valence-electron chi connectivity index (χ4n) is 5.25. The summed E-state index contributed by atoms with van der Waals surface area (Å²) in [6, 6.07) is 1.99. The van der Waals surface area contributed by atoms with Gasteiger partial charge in [0.25, 0.3) is 0 Å². The average molecular weight is 463 g/mol. The van der Waals surface area contributed by atoms with Crippen LogP contribution in [0.5, 0.6) is 0 Å². The summed E-state index contributed by atoms with van der Waals surface area (Å²) in [5, 5.41) is 5.03. The smallest absolute Gasteiger partial charge is 0.333 e. The van der Waals surface area contributed by atoms with Crippen molar-refractivity contribution in [2.24, 2.45) is 22.4 Å². The van der Waals surface area contributed by atoms with E-state index in [2.05, 4.69) is 25.8 Å². The molecular weight excluding hydrogens is 428 g/mol. The van der Waals surface area contributed by atoms with Crippen molar-refractivity contribution in [2.75, 3.05) is 13.7 Å². The molecule has 2 aliphatic carbocycles. The van der Waals surface area contributed by atoms with Gasteiger partial charge in [-0.15, -0.1) is 0 Å². The van der Waals surface area contributed by atoms with Gasteiger partial charge in [-0.25, -0.2) is 5.14 Å². The zero-order valence-corrected chi connectivity index (χ0v) is 20.6. The molecular formula is C24H34N2O5S. The van der Waals surface area contributed by atoms with Gasteiger partial charge in [-0.05, 0) is 63.0 Å². The number of carbonyl (C=O) groups excluding carboxylic acids is 1. The minimum atomic E-state index is -4.02. The summed E-state index contributed by atoms with van der Waals surface area (Å²) in [6.07, 6.45) is 5.52. The molecule has 2 N–H and O–H groups in total. The molecule has 1 fully saturated rings. The number of ketones is 1. The number of aryl methyl sites for hydroxylation is 1. The molecule has 0 radical (unpaired) electrons. The Morgan fingerprint density at radius 2 is 1.97 bits per heavy atom. The van der Waals surface area contributed by atoms with E-state index in [4.69, 9.17) is 14.1 Å². The first-order valence-corrected chi connectivity index (χ1v) is 12.4. The molecule has 176 valence electrons. The second kappa shape index (κ2) is 9.17. The van der Waals surface area contributed by atoms with Crippen molar-refractivity contribution in [3.63, 3.8) is 0 Å². The highest BCUT2D eigenvalue weighted by Crippen LogP contribution is 2.49. The van der Waals surface area contributed by atoms with Crippen LogP contribution in [0.4, 0.5) is 0 Å². The fourth-order valence-corrected chi connectivity index (χ4v) is 5.61. The van der Waals surface area contributed by atoms with Gasteiger partial charge >= 0.3 is 10.3 Å². The quantitative estimate of drug-likeness (QED) is 0.590. The molecule has 3 atom stereocenters. The van der Waals surface area contributed by atoms with Crippen LogP contribution in [-0.2, 0) is 25.6 Å². The predicted molar refractivity (Wildman–Crippen MR) is 123 cm³/mol. The van der Waals surface area contributed by atoms with Crippen LogP contribution in [0.15, 0.2) is 35.1 Å². The molecule has 1 aromatic rings. The van der Waals surface area contributed by atoms with Gasteiger partial charge in [0.15, 0.2) is 5.78 Å². The lowest BCUT2D eigenvalue weighted by atomic mass is 9.76. The van der Waals surface area contributed by atoms with Gasteiger partial charge in [0.05, 0.1) is 12.7 Å². The molecule has 2 aliphatic rings. The fraction of sp³-hybridized carbons (Fsp3) is 0.583. The maximum Gasteiger partial charge on any atom is 0.333 e. The number of rotatable bonds is 8. The van der Waals surface area contributed by atoms with E-state index in [1.807, 2.05) is 26.0 Å². The summed E-state index contributed by atoms with van der Waals surface area (Å²) in [5.74, 6) is 0.0680. The summed E-state index contributed by atoms with van der Waals surface area (Å²) in [6.45, 7) is 10.2. The number of hydrogen-bond acceptors (Lipinski definition) is 6. The monoisotopic (exact) mass is 462 g/mol. The second-order valence-corrected chi connectivity index (χ2v) is 11.0. The van der Waals surface area contributed by atoms with Gasteiger partial charge in [-0.2, -0.15) is 8.42 Å². The average Bonchev–Trinajstić information content (AvgIpc) is 3.14. The van der Waals surface area contributed by atoms with Gasteiger partial charge < -0.3 is 4.74 Å². The third-order valence-corrected chi connectivity index (χ3v) is 7.61. The summed E-state index contributed by atoms with van der Waals surface area (Å²) in [5.41, 5.74) is 5.37. The van der Waals surface area contributed by atoms with Crippen LogP contribution in [0.2, 0.25) is 0 Å². The van der Waals surface area contributed by atoms with E-state index >= 15 is 0 Å². The highest BCUT2D eigenvalue weighted by Gasteiger charge is 2.49. The van der Waals surface area contributed by atoms with Crippen molar-refractivity contribution in [3.05, 3.63) is 51.9 Å². The molecule has 0 amide bonds. The minimum Gasteiger partial charge on any atom is -0.381 e. The molecule has 32 heavy (non-hydrogen) atoms. The number of methoxy groups -OCH3 is 1. The first kappa shape index (κ1) is 24.8. The second-order valence-electron chi connectivity index (χ2n) is 9.77. The minimum absolute atomic E-state index is 0.0183. The zero-order valence-electron chi connectivity index (χ0n) is 19.8. The van der Waals surface area contributed by atoms with E-state index in [-0.39, 0.29) is 35.7 Å². The highest BCUT2D eigenvalue weighted by atomic mass is 32.2. The number of nitrogens with two attached hydrogens (primary N) is 1. The van der Waals surface area contributed by atoms with Crippen molar-refractivity contribution in [3.8, 4) is 0 Å². The molecule has 1 aromatic heterocycles. The van der Waals surface area contributed by atoms with Crippen molar-refractivity contribution < 1.29 is 22.1 Å². The van der Waals surface area contributed by atoms with Crippen molar-refractivity contribution in [1.82, 2.24) is 4.98 Å². The summed E-state index contributed by atoms with van der Waals surface area (Å²) in [7, 11) is -2.38. The van der Waals surface area contributed by atoms with Gasteiger partial charge in [-0.3, -0.25) is 14.0 Å². The Kier molecular flexibility index (Phi) is 7.10. The third kappa shape index (κ3) is 5.20. The third-order valence-electron chi connectivity index (χ3n) is 7.15. The Bertz CT molecular complexity index is 1070.